The van der Waals surface area contributed by atoms with Crippen molar-refractivity contribution in [1.82, 2.24) is 23.5 Å². The van der Waals surface area contributed by atoms with Gasteiger partial charge in [-0.25, -0.2) is 9.97 Å². The molecule has 238 valence electrons. The van der Waals surface area contributed by atoms with Crippen LogP contribution in [0, 0.1) is 0 Å². The molecule has 4 aromatic heterocycles. The molecule has 52 heavy (non-hydrogen) atoms. The van der Waals surface area contributed by atoms with Crippen LogP contribution in [0.5, 0.6) is 0 Å². The third-order valence-corrected chi connectivity index (χ3v) is 11.6. The molecule has 5 nitrogen and oxygen atoms in total. The minimum absolute atomic E-state index is 0.00582. The van der Waals surface area contributed by atoms with E-state index < -0.39 is 0 Å². The second-order valence-electron chi connectivity index (χ2n) is 14.1. The van der Waals surface area contributed by atoms with Gasteiger partial charge in [0.15, 0.2) is 5.82 Å². The quantitative estimate of drug-likeness (QED) is 0.175. The van der Waals surface area contributed by atoms with Gasteiger partial charge in [0.2, 0.25) is 0 Å². The molecule has 0 N–H and O–H groups in total. The van der Waals surface area contributed by atoms with E-state index in [1.54, 1.807) is 0 Å². The van der Waals surface area contributed by atoms with Gasteiger partial charge in [-0.15, -0.1) is 0 Å². The number of hydrogen-bond acceptors (Lipinski definition) is 2. The standard InChI is InChI=1S/C46H26BN5/c1-2-13-27(14-3-1)45-48-34-19-12-18-33-41(34)44(49-45)32-25-28(50-35-20-7-4-15-29(35)30-16-5-8-21-36(30)50)26-40-42(32)47(33)43-31-17-6-9-22-37(31)51-38-23-10-11-24-39(38)52(40)46(43)51/h1-26H. The van der Waals surface area contributed by atoms with E-state index in [1.165, 1.54) is 71.5 Å². The SMILES string of the molecule is c1ccc(-c2nc3c4c(cccc4n2)B2c4c-3cc(-n3c5ccccc5c5ccccc53)cc4-n3c4ccccc4n4c5ccccc5c2c34)cc1. The van der Waals surface area contributed by atoms with E-state index in [-0.39, 0.29) is 6.71 Å². The van der Waals surface area contributed by atoms with Crippen molar-refractivity contribution in [3.63, 3.8) is 0 Å². The normalized spacial score (nSPS) is 13.0. The van der Waals surface area contributed by atoms with Gasteiger partial charge >= 0.3 is 0 Å². The molecule has 11 aromatic rings. The molecular weight excluding hydrogens is 633 g/mol. The Morgan fingerprint density at radius 1 is 0.481 bits per heavy atom. The first-order chi connectivity index (χ1) is 25.8. The Morgan fingerprint density at radius 2 is 1.13 bits per heavy atom. The number of fused-ring (bicyclic) bond motifs is 13. The van der Waals surface area contributed by atoms with E-state index in [0.29, 0.717) is 0 Å². The third kappa shape index (κ3) is 3.17. The largest absolute Gasteiger partial charge is 0.309 e. The average molecular weight is 660 g/mol. The number of para-hydroxylation sites is 5. The summed E-state index contributed by atoms with van der Waals surface area (Å²) in [4.78, 5) is 10.7. The lowest BCUT2D eigenvalue weighted by molar-refractivity contribution is 1.12. The summed E-state index contributed by atoms with van der Waals surface area (Å²) in [5.41, 5.74) is 17.6. The molecule has 0 aliphatic carbocycles. The van der Waals surface area contributed by atoms with Gasteiger partial charge in [0, 0.05) is 38.7 Å². The summed E-state index contributed by atoms with van der Waals surface area (Å²) in [6, 6.07) is 57.2. The maximum absolute atomic E-state index is 5.49. The van der Waals surface area contributed by atoms with Crippen molar-refractivity contribution in [1.29, 1.82) is 0 Å². The molecule has 0 amide bonds. The van der Waals surface area contributed by atoms with E-state index in [9.17, 15) is 0 Å². The Balaban J connectivity index is 1.27. The van der Waals surface area contributed by atoms with E-state index >= 15 is 0 Å². The second-order valence-corrected chi connectivity index (χ2v) is 14.1. The maximum atomic E-state index is 5.49. The molecule has 6 heteroatoms. The highest BCUT2D eigenvalue weighted by Gasteiger charge is 2.43. The fraction of sp³-hybridized carbons (Fsp3) is 0. The average Bonchev–Trinajstić information content (AvgIpc) is 3.85. The Kier molecular flexibility index (Phi) is 4.88. The van der Waals surface area contributed by atoms with Crippen LogP contribution < -0.4 is 16.4 Å². The van der Waals surface area contributed by atoms with Crippen LogP contribution in [0.25, 0.3) is 94.3 Å². The molecule has 2 aliphatic rings. The Morgan fingerprint density at radius 3 is 1.90 bits per heavy atom. The zero-order valence-corrected chi connectivity index (χ0v) is 27.8. The summed E-state index contributed by atoms with van der Waals surface area (Å²) in [6.07, 6.45) is 0. The lowest BCUT2D eigenvalue weighted by Gasteiger charge is -2.33. The van der Waals surface area contributed by atoms with Crippen molar-refractivity contribution >= 4 is 83.4 Å². The van der Waals surface area contributed by atoms with Gasteiger partial charge in [-0.05, 0) is 64.8 Å². The zero-order chi connectivity index (χ0) is 33.7. The zero-order valence-electron chi connectivity index (χ0n) is 27.8. The van der Waals surface area contributed by atoms with Crippen LogP contribution in [0.2, 0.25) is 0 Å². The predicted molar refractivity (Wildman–Crippen MR) is 215 cm³/mol. The number of nitrogens with zero attached hydrogens (tertiary/aromatic N) is 5. The first-order valence-electron chi connectivity index (χ1n) is 17.9. The van der Waals surface area contributed by atoms with Crippen LogP contribution in [0.3, 0.4) is 0 Å². The minimum atomic E-state index is 0.00582. The topological polar surface area (TPSA) is 40.0 Å². The molecule has 2 aliphatic heterocycles. The summed E-state index contributed by atoms with van der Waals surface area (Å²) in [7, 11) is 0. The number of hydrogen-bond donors (Lipinski definition) is 0. The van der Waals surface area contributed by atoms with Crippen LogP contribution in [0.4, 0.5) is 0 Å². The van der Waals surface area contributed by atoms with Crippen molar-refractivity contribution < 1.29 is 0 Å². The van der Waals surface area contributed by atoms with Gasteiger partial charge in [0.05, 0.1) is 38.8 Å². The van der Waals surface area contributed by atoms with Crippen LogP contribution in [-0.2, 0) is 0 Å². The van der Waals surface area contributed by atoms with Crippen LogP contribution in [0.15, 0.2) is 158 Å². The monoisotopic (exact) mass is 659 g/mol. The van der Waals surface area contributed by atoms with E-state index in [4.69, 9.17) is 9.97 Å². The van der Waals surface area contributed by atoms with Gasteiger partial charge < -0.3 is 4.57 Å². The first kappa shape index (κ1) is 26.9. The third-order valence-electron chi connectivity index (χ3n) is 11.6. The van der Waals surface area contributed by atoms with E-state index in [0.717, 1.165) is 39.2 Å². The van der Waals surface area contributed by atoms with Gasteiger partial charge in [-0.2, -0.15) is 0 Å². The summed E-state index contributed by atoms with van der Waals surface area (Å²) in [5.74, 6) is 0.745. The molecule has 0 saturated heterocycles. The van der Waals surface area contributed by atoms with Crippen LogP contribution >= 0.6 is 0 Å². The molecule has 13 rings (SSSR count). The highest BCUT2D eigenvalue weighted by molar-refractivity contribution is 7.02. The summed E-state index contributed by atoms with van der Waals surface area (Å²) in [5, 5.41) is 4.92. The molecule has 7 aromatic carbocycles. The molecule has 0 fully saturated rings. The van der Waals surface area contributed by atoms with Crippen molar-refractivity contribution in [2.75, 3.05) is 0 Å². The molecule has 0 unspecified atom stereocenters. The summed E-state index contributed by atoms with van der Waals surface area (Å²) in [6.45, 7) is 0.00582. The smallest absolute Gasteiger partial charge is 0.251 e. The lowest BCUT2D eigenvalue weighted by atomic mass is 9.33. The van der Waals surface area contributed by atoms with Gasteiger partial charge in [-0.1, -0.05) is 115 Å². The van der Waals surface area contributed by atoms with Crippen molar-refractivity contribution in [2.24, 2.45) is 0 Å². The Hall–Kier alpha value is -6.92. The molecule has 0 bridgehead atoms. The molecular formula is C46H26BN5. The summed E-state index contributed by atoms with van der Waals surface area (Å²) >= 11 is 0. The van der Waals surface area contributed by atoms with Crippen molar-refractivity contribution in [2.45, 2.75) is 0 Å². The summed E-state index contributed by atoms with van der Waals surface area (Å²) < 4.78 is 7.46. The fourth-order valence-corrected chi connectivity index (χ4v) is 9.65. The van der Waals surface area contributed by atoms with Crippen molar-refractivity contribution in [3.8, 4) is 34.0 Å². The van der Waals surface area contributed by atoms with E-state index in [2.05, 4.69) is 165 Å². The first-order valence-corrected chi connectivity index (χ1v) is 17.9. The number of rotatable bonds is 2. The predicted octanol–water partition coefficient (Wildman–Crippen LogP) is 8.55. The van der Waals surface area contributed by atoms with Crippen LogP contribution in [-0.4, -0.2) is 30.2 Å². The molecule has 0 spiro atoms. The lowest BCUT2D eigenvalue weighted by Crippen LogP contribution is -2.58. The molecule has 0 radical (unpaired) electrons. The fourth-order valence-electron chi connectivity index (χ4n) is 9.65. The van der Waals surface area contributed by atoms with Crippen LogP contribution in [0.1, 0.15) is 0 Å². The Labute approximate surface area is 297 Å². The van der Waals surface area contributed by atoms with E-state index in [1.807, 2.05) is 6.07 Å². The number of aromatic nitrogens is 5. The van der Waals surface area contributed by atoms with Gasteiger partial charge in [0.1, 0.15) is 5.65 Å². The number of benzene rings is 7. The Bertz CT molecular complexity index is 3310. The minimum Gasteiger partial charge on any atom is -0.309 e. The molecule has 0 saturated carbocycles. The van der Waals surface area contributed by atoms with Crippen molar-refractivity contribution in [3.05, 3.63) is 158 Å². The maximum Gasteiger partial charge on any atom is 0.251 e. The second kappa shape index (κ2) is 9.44. The number of imidazole rings is 1. The highest BCUT2D eigenvalue weighted by atomic mass is 15.1. The van der Waals surface area contributed by atoms with Gasteiger partial charge in [-0.3, -0.25) is 8.97 Å². The molecule has 0 atom stereocenters. The molecule has 6 heterocycles. The van der Waals surface area contributed by atoms with Gasteiger partial charge in [0.25, 0.3) is 6.71 Å². The highest BCUT2D eigenvalue weighted by Crippen LogP contribution is 2.41.